The fraction of sp³-hybridized carbons (Fsp3) is 0.409. The van der Waals surface area contributed by atoms with Crippen molar-refractivity contribution >= 4 is 27.5 Å². The average Bonchev–Trinajstić information content (AvgIpc) is 3.10. The van der Waals surface area contributed by atoms with Crippen molar-refractivity contribution in [3.8, 4) is 5.75 Å². The molecule has 1 saturated carbocycles. The second-order valence-corrected chi connectivity index (χ2v) is 8.72. The third kappa shape index (κ3) is 3.92. The number of nitrogens with zero attached hydrogens (tertiary/aromatic N) is 2. The van der Waals surface area contributed by atoms with E-state index in [0.717, 1.165) is 41.9 Å². The second-order valence-electron chi connectivity index (χ2n) is 7.49. The summed E-state index contributed by atoms with van der Waals surface area (Å²) in [5.41, 5.74) is 1.93. The lowest BCUT2D eigenvalue weighted by Gasteiger charge is -2.23. The van der Waals surface area contributed by atoms with E-state index in [9.17, 15) is 9.59 Å². The second kappa shape index (κ2) is 8.37. The number of aromatic nitrogens is 2. The van der Waals surface area contributed by atoms with Crippen molar-refractivity contribution in [2.45, 2.75) is 51.6 Å². The molecule has 2 heterocycles. The van der Waals surface area contributed by atoms with Crippen LogP contribution in [0.1, 0.15) is 58.9 Å². The van der Waals surface area contributed by atoms with Crippen molar-refractivity contribution in [2.75, 3.05) is 7.11 Å². The molecule has 1 aromatic carbocycles. The fourth-order valence-corrected chi connectivity index (χ4v) is 5.07. The maximum Gasteiger partial charge on any atom is 0.271 e. The van der Waals surface area contributed by atoms with E-state index >= 15 is 0 Å². The van der Waals surface area contributed by atoms with Gasteiger partial charge >= 0.3 is 0 Å². The van der Waals surface area contributed by atoms with E-state index in [-0.39, 0.29) is 17.5 Å². The zero-order valence-electron chi connectivity index (χ0n) is 16.7. The summed E-state index contributed by atoms with van der Waals surface area (Å²) in [6.45, 7) is 2.25. The number of carbonyl (C=O) groups excluding carboxylic acids is 1. The van der Waals surface area contributed by atoms with Crippen LogP contribution in [0.3, 0.4) is 0 Å². The van der Waals surface area contributed by atoms with Gasteiger partial charge in [0, 0.05) is 17.5 Å². The van der Waals surface area contributed by atoms with Gasteiger partial charge in [0.15, 0.2) is 0 Å². The zero-order valence-corrected chi connectivity index (χ0v) is 17.6. The van der Waals surface area contributed by atoms with Crippen LogP contribution >= 0.6 is 11.3 Å². The molecule has 3 aromatic rings. The van der Waals surface area contributed by atoms with Crippen LogP contribution in [-0.2, 0) is 6.54 Å². The van der Waals surface area contributed by atoms with E-state index in [1.165, 1.54) is 17.8 Å². The van der Waals surface area contributed by atoms with Crippen molar-refractivity contribution in [3.63, 3.8) is 0 Å². The van der Waals surface area contributed by atoms with Gasteiger partial charge in [0.05, 0.1) is 19.0 Å². The molecule has 152 valence electrons. The minimum Gasteiger partial charge on any atom is -0.497 e. The topological polar surface area (TPSA) is 73.2 Å². The van der Waals surface area contributed by atoms with Crippen LogP contribution in [-0.4, -0.2) is 22.6 Å². The average molecular weight is 412 g/mol. The summed E-state index contributed by atoms with van der Waals surface area (Å²) in [4.78, 5) is 31.3. The predicted octanol–water partition coefficient (Wildman–Crippen LogP) is 4.21. The van der Waals surface area contributed by atoms with Gasteiger partial charge in [0.2, 0.25) is 0 Å². The number of fused-ring (bicyclic) bond motifs is 1. The monoisotopic (exact) mass is 411 g/mol. The van der Waals surface area contributed by atoms with Crippen LogP contribution in [0.2, 0.25) is 0 Å². The number of nitrogens with one attached hydrogen (secondary N) is 1. The number of carbonyl (C=O) groups is 1. The third-order valence-corrected chi connectivity index (χ3v) is 6.66. The fourth-order valence-electron chi connectivity index (χ4n) is 4.03. The molecule has 1 fully saturated rings. The predicted molar refractivity (Wildman–Crippen MR) is 115 cm³/mol. The SMILES string of the molecule is COc1cccc(CNC(=O)c2c(C)sc3c(=O)n(C4CCCCC4)cnc23)c1. The van der Waals surface area contributed by atoms with E-state index in [1.807, 2.05) is 31.2 Å². The van der Waals surface area contributed by atoms with Crippen molar-refractivity contribution in [1.82, 2.24) is 14.9 Å². The maximum absolute atomic E-state index is 13.1. The van der Waals surface area contributed by atoms with Crippen LogP contribution in [0.4, 0.5) is 0 Å². The maximum atomic E-state index is 13.1. The lowest BCUT2D eigenvalue weighted by Crippen LogP contribution is -2.27. The number of hydrogen-bond acceptors (Lipinski definition) is 5. The summed E-state index contributed by atoms with van der Waals surface area (Å²) in [5.74, 6) is 0.540. The van der Waals surface area contributed by atoms with Gasteiger partial charge in [0.25, 0.3) is 11.5 Å². The number of amides is 1. The Morgan fingerprint density at radius 2 is 2.10 bits per heavy atom. The molecule has 1 amide bonds. The molecule has 0 aliphatic heterocycles. The van der Waals surface area contributed by atoms with Gasteiger partial charge in [0.1, 0.15) is 16.0 Å². The minimum absolute atomic E-state index is 0.0261. The summed E-state index contributed by atoms with van der Waals surface area (Å²) in [7, 11) is 1.62. The number of rotatable bonds is 5. The van der Waals surface area contributed by atoms with E-state index in [2.05, 4.69) is 10.3 Å². The molecule has 0 bridgehead atoms. The first-order valence-electron chi connectivity index (χ1n) is 10.00. The van der Waals surface area contributed by atoms with E-state index < -0.39 is 0 Å². The molecule has 1 aliphatic rings. The summed E-state index contributed by atoms with van der Waals surface area (Å²) >= 11 is 1.36. The Morgan fingerprint density at radius 3 is 2.86 bits per heavy atom. The molecular weight excluding hydrogens is 386 g/mol. The molecule has 6 nitrogen and oxygen atoms in total. The number of hydrogen-bond donors (Lipinski definition) is 1. The summed E-state index contributed by atoms with van der Waals surface area (Å²) in [6, 6.07) is 7.80. The number of ether oxygens (including phenoxy) is 1. The van der Waals surface area contributed by atoms with Crippen LogP contribution in [0.5, 0.6) is 5.75 Å². The first-order valence-corrected chi connectivity index (χ1v) is 10.8. The van der Waals surface area contributed by atoms with Crippen molar-refractivity contribution in [2.24, 2.45) is 0 Å². The molecule has 4 rings (SSSR count). The molecule has 0 spiro atoms. The Morgan fingerprint density at radius 1 is 1.31 bits per heavy atom. The highest BCUT2D eigenvalue weighted by atomic mass is 32.1. The van der Waals surface area contributed by atoms with Gasteiger partial charge in [-0.05, 0) is 37.5 Å². The van der Waals surface area contributed by atoms with Crippen molar-refractivity contribution in [1.29, 1.82) is 0 Å². The van der Waals surface area contributed by atoms with Crippen LogP contribution in [0.15, 0.2) is 35.4 Å². The van der Waals surface area contributed by atoms with Crippen LogP contribution in [0.25, 0.3) is 10.2 Å². The Kier molecular flexibility index (Phi) is 5.67. The quantitative estimate of drug-likeness (QED) is 0.683. The zero-order chi connectivity index (χ0) is 20.4. The Bertz CT molecular complexity index is 1100. The highest BCUT2D eigenvalue weighted by Crippen LogP contribution is 2.30. The summed E-state index contributed by atoms with van der Waals surface area (Å²) < 4.78 is 7.57. The Balaban J connectivity index is 1.60. The molecule has 29 heavy (non-hydrogen) atoms. The standard InChI is InChI=1S/C22H25N3O3S/c1-14-18(21(26)23-12-15-7-6-10-17(11-15)28-2)19-20(29-14)22(27)25(13-24-19)16-8-4-3-5-9-16/h6-7,10-11,13,16H,3-5,8-9,12H2,1-2H3,(H,23,26). The number of thiophene rings is 1. The first kappa shape index (κ1) is 19.6. The van der Waals surface area contributed by atoms with Gasteiger partial charge < -0.3 is 10.1 Å². The van der Waals surface area contributed by atoms with Crippen molar-refractivity contribution in [3.05, 3.63) is 57.0 Å². The molecule has 0 radical (unpaired) electrons. The molecule has 0 atom stereocenters. The van der Waals surface area contributed by atoms with Crippen LogP contribution < -0.4 is 15.6 Å². The highest BCUT2D eigenvalue weighted by molar-refractivity contribution is 7.19. The lowest BCUT2D eigenvalue weighted by atomic mass is 9.95. The smallest absolute Gasteiger partial charge is 0.271 e. The minimum atomic E-state index is -0.209. The van der Waals surface area contributed by atoms with Gasteiger partial charge in [-0.1, -0.05) is 31.4 Å². The number of aryl methyl sites for hydroxylation is 1. The molecule has 7 heteroatoms. The summed E-state index contributed by atoms with van der Waals surface area (Å²) in [5, 5.41) is 2.95. The number of benzene rings is 1. The van der Waals surface area contributed by atoms with Gasteiger partial charge in [-0.3, -0.25) is 14.2 Å². The van der Waals surface area contributed by atoms with E-state index in [1.54, 1.807) is 18.0 Å². The van der Waals surface area contributed by atoms with Gasteiger partial charge in [-0.2, -0.15) is 0 Å². The Hall–Kier alpha value is -2.67. The third-order valence-electron chi connectivity index (χ3n) is 5.58. The molecule has 0 saturated heterocycles. The molecular formula is C22H25N3O3S. The van der Waals surface area contributed by atoms with Gasteiger partial charge in [-0.25, -0.2) is 4.98 Å². The number of methoxy groups -OCH3 is 1. The largest absolute Gasteiger partial charge is 0.497 e. The van der Waals surface area contributed by atoms with Crippen LogP contribution in [0, 0.1) is 6.92 Å². The van der Waals surface area contributed by atoms with E-state index in [4.69, 9.17) is 4.74 Å². The molecule has 0 unspecified atom stereocenters. The normalized spacial score (nSPS) is 14.8. The Labute approximate surface area is 173 Å². The highest BCUT2D eigenvalue weighted by Gasteiger charge is 2.23. The van der Waals surface area contributed by atoms with Gasteiger partial charge in [-0.15, -0.1) is 11.3 Å². The molecule has 1 aliphatic carbocycles. The summed E-state index contributed by atoms with van der Waals surface area (Å²) in [6.07, 6.45) is 7.20. The van der Waals surface area contributed by atoms with Crippen molar-refractivity contribution < 1.29 is 9.53 Å². The first-order chi connectivity index (χ1) is 14.1. The lowest BCUT2D eigenvalue weighted by molar-refractivity contribution is 0.0952. The molecule has 2 aromatic heterocycles. The molecule has 1 N–H and O–H groups in total. The van der Waals surface area contributed by atoms with E-state index in [0.29, 0.717) is 22.3 Å².